The zero-order valence-corrected chi connectivity index (χ0v) is 15.6. The third-order valence-corrected chi connectivity index (χ3v) is 5.42. The van der Waals surface area contributed by atoms with Crippen molar-refractivity contribution in [3.8, 4) is 5.75 Å². The van der Waals surface area contributed by atoms with Crippen molar-refractivity contribution in [1.82, 2.24) is 24.8 Å². The van der Waals surface area contributed by atoms with Crippen LogP contribution in [-0.4, -0.2) is 44.4 Å². The van der Waals surface area contributed by atoms with Crippen LogP contribution in [0.25, 0.3) is 10.9 Å². The number of pyridine rings is 1. The zero-order valence-electron chi connectivity index (χ0n) is 14.1. The predicted molar refractivity (Wildman–Crippen MR) is 97.9 cm³/mol. The number of halogens is 2. The molecule has 3 aromatic rings. The molecule has 1 atom stereocenters. The molecule has 4 rings (SSSR count). The summed E-state index contributed by atoms with van der Waals surface area (Å²) in [5.41, 5.74) is 2.79. The number of rotatable bonds is 2. The van der Waals surface area contributed by atoms with Gasteiger partial charge in [0.15, 0.2) is 5.75 Å². The van der Waals surface area contributed by atoms with E-state index in [9.17, 15) is 4.79 Å². The van der Waals surface area contributed by atoms with E-state index in [-0.39, 0.29) is 22.9 Å². The maximum atomic E-state index is 12.9. The highest BCUT2D eigenvalue weighted by Crippen LogP contribution is 2.39. The van der Waals surface area contributed by atoms with Gasteiger partial charge in [-0.15, -0.1) is 0 Å². The quantitative estimate of drug-likeness (QED) is 0.676. The first-order valence-electron chi connectivity index (χ1n) is 8.02. The summed E-state index contributed by atoms with van der Waals surface area (Å²) in [7, 11) is 1.52. The van der Waals surface area contributed by atoms with Gasteiger partial charge in [0.25, 0.3) is 5.91 Å². The average molecular weight is 392 g/mol. The van der Waals surface area contributed by atoms with E-state index in [0.717, 1.165) is 22.2 Å². The van der Waals surface area contributed by atoms with Crippen molar-refractivity contribution >= 4 is 40.0 Å². The molecule has 0 saturated carbocycles. The summed E-state index contributed by atoms with van der Waals surface area (Å²) in [6.07, 6.45) is 5.33. The second-order valence-corrected chi connectivity index (χ2v) is 6.78. The number of fused-ring (bicyclic) bond motifs is 3. The van der Waals surface area contributed by atoms with Crippen molar-refractivity contribution < 1.29 is 9.53 Å². The highest BCUT2D eigenvalue weighted by atomic mass is 35.5. The largest absolute Gasteiger partial charge is 0.494 e. The van der Waals surface area contributed by atoms with Crippen LogP contribution in [-0.2, 0) is 6.42 Å². The fraction of sp³-hybridized carbons (Fsp3) is 0.294. The molecule has 26 heavy (non-hydrogen) atoms. The fourth-order valence-electron chi connectivity index (χ4n) is 3.37. The van der Waals surface area contributed by atoms with Crippen LogP contribution in [0, 0.1) is 0 Å². The lowest BCUT2D eigenvalue weighted by Gasteiger charge is -2.33. The van der Waals surface area contributed by atoms with E-state index < -0.39 is 0 Å². The Morgan fingerprint density at radius 2 is 2.00 bits per heavy atom. The van der Waals surface area contributed by atoms with Gasteiger partial charge in [-0.2, -0.15) is 0 Å². The molecule has 3 aromatic heterocycles. The standard InChI is InChI=1S/C17H15Cl2N5O2/c1-8-12-10-7-20-15(19)13(18)14(10)23-11(12)3-4-24(8)17(25)16-21-5-9(26-2)6-22-16/h5-8,23H,3-4H2,1-2H3/t8-/m0/s1. The van der Waals surface area contributed by atoms with Gasteiger partial charge in [-0.25, -0.2) is 15.0 Å². The molecule has 0 saturated heterocycles. The fourth-order valence-corrected chi connectivity index (χ4v) is 3.71. The highest BCUT2D eigenvalue weighted by molar-refractivity contribution is 6.44. The summed E-state index contributed by atoms with van der Waals surface area (Å²) in [5.74, 6) is 0.415. The summed E-state index contributed by atoms with van der Waals surface area (Å²) in [6, 6.07) is -0.176. The summed E-state index contributed by atoms with van der Waals surface area (Å²) in [5, 5.41) is 1.52. The maximum Gasteiger partial charge on any atom is 0.292 e. The Kier molecular flexibility index (Phi) is 4.20. The number of hydrogen-bond donors (Lipinski definition) is 1. The van der Waals surface area contributed by atoms with Crippen LogP contribution < -0.4 is 4.74 Å². The zero-order chi connectivity index (χ0) is 18.4. The molecule has 0 aromatic carbocycles. The predicted octanol–water partition coefficient (Wildman–Crippen LogP) is 3.43. The lowest BCUT2D eigenvalue weighted by molar-refractivity contribution is 0.0665. The molecule has 0 aliphatic carbocycles. The molecule has 1 aliphatic heterocycles. The number of hydrogen-bond acceptors (Lipinski definition) is 5. The van der Waals surface area contributed by atoms with E-state index >= 15 is 0 Å². The molecule has 0 unspecified atom stereocenters. The summed E-state index contributed by atoms with van der Waals surface area (Å²) in [6.45, 7) is 2.52. The number of methoxy groups -OCH3 is 1. The molecule has 0 radical (unpaired) electrons. The van der Waals surface area contributed by atoms with Gasteiger partial charge in [0.1, 0.15) is 10.2 Å². The number of ether oxygens (including phenoxy) is 1. The Balaban J connectivity index is 1.72. The van der Waals surface area contributed by atoms with Gasteiger partial charge in [0, 0.05) is 35.8 Å². The van der Waals surface area contributed by atoms with E-state index in [1.54, 1.807) is 11.1 Å². The first-order valence-corrected chi connectivity index (χ1v) is 8.78. The van der Waals surface area contributed by atoms with Crippen LogP contribution in [0.1, 0.15) is 34.8 Å². The molecular weight excluding hydrogens is 377 g/mol. The van der Waals surface area contributed by atoms with Gasteiger partial charge < -0.3 is 14.6 Å². The normalized spacial score (nSPS) is 16.6. The molecule has 7 nitrogen and oxygen atoms in total. The Labute approximate surface area is 159 Å². The number of aromatic nitrogens is 4. The van der Waals surface area contributed by atoms with Crippen molar-refractivity contribution in [2.45, 2.75) is 19.4 Å². The second kappa shape index (κ2) is 6.41. The molecule has 134 valence electrons. The number of carbonyl (C=O) groups is 1. The minimum atomic E-state index is -0.229. The van der Waals surface area contributed by atoms with Gasteiger partial charge >= 0.3 is 0 Å². The van der Waals surface area contributed by atoms with Gasteiger partial charge in [-0.05, 0) is 6.92 Å². The Bertz CT molecular complexity index is 1000. The molecule has 9 heteroatoms. The number of amides is 1. The van der Waals surface area contributed by atoms with Gasteiger partial charge in [0.2, 0.25) is 5.82 Å². The first-order chi connectivity index (χ1) is 12.5. The van der Waals surface area contributed by atoms with Gasteiger partial charge in [-0.3, -0.25) is 4.79 Å². The third-order valence-electron chi connectivity index (χ3n) is 4.67. The number of nitrogens with one attached hydrogen (secondary N) is 1. The molecule has 4 heterocycles. The smallest absolute Gasteiger partial charge is 0.292 e. The highest BCUT2D eigenvalue weighted by Gasteiger charge is 2.33. The van der Waals surface area contributed by atoms with Crippen LogP contribution >= 0.6 is 23.2 Å². The van der Waals surface area contributed by atoms with E-state index in [1.165, 1.54) is 19.5 Å². The lowest BCUT2D eigenvalue weighted by atomic mass is 9.97. The molecular formula is C17H15Cl2N5O2. The number of aromatic amines is 1. The molecule has 1 aliphatic rings. The topological polar surface area (TPSA) is 84.0 Å². The van der Waals surface area contributed by atoms with Crippen LogP contribution in [0.15, 0.2) is 18.6 Å². The van der Waals surface area contributed by atoms with Crippen LogP contribution in [0.5, 0.6) is 5.75 Å². The van der Waals surface area contributed by atoms with Crippen molar-refractivity contribution in [3.05, 3.63) is 45.8 Å². The Morgan fingerprint density at radius 1 is 1.27 bits per heavy atom. The van der Waals surface area contributed by atoms with Crippen LogP contribution in [0.3, 0.4) is 0 Å². The minimum Gasteiger partial charge on any atom is -0.494 e. The van der Waals surface area contributed by atoms with E-state index in [1.807, 2.05) is 6.92 Å². The summed E-state index contributed by atoms with van der Waals surface area (Å²) < 4.78 is 5.04. The van der Waals surface area contributed by atoms with Crippen LogP contribution in [0.2, 0.25) is 10.2 Å². The lowest BCUT2D eigenvalue weighted by Crippen LogP contribution is -2.39. The van der Waals surface area contributed by atoms with Crippen molar-refractivity contribution in [3.63, 3.8) is 0 Å². The van der Waals surface area contributed by atoms with Gasteiger partial charge in [-0.1, -0.05) is 23.2 Å². The van der Waals surface area contributed by atoms with E-state index in [2.05, 4.69) is 19.9 Å². The maximum absolute atomic E-state index is 12.9. The minimum absolute atomic E-state index is 0.139. The molecule has 0 spiro atoms. The monoisotopic (exact) mass is 391 g/mol. The average Bonchev–Trinajstić information content (AvgIpc) is 3.05. The molecule has 1 amide bonds. The Hall–Kier alpha value is -2.38. The second-order valence-electron chi connectivity index (χ2n) is 6.04. The summed E-state index contributed by atoms with van der Waals surface area (Å²) in [4.78, 5) is 30.3. The van der Waals surface area contributed by atoms with Gasteiger partial charge in [0.05, 0.1) is 31.1 Å². The first kappa shape index (κ1) is 17.1. The van der Waals surface area contributed by atoms with Crippen molar-refractivity contribution in [1.29, 1.82) is 0 Å². The molecule has 1 N–H and O–H groups in total. The summed E-state index contributed by atoms with van der Waals surface area (Å²) >= 11 is 12.3. The third kappa shape index (κ3) is 2.59. The number of carbonyl (C=O) groups excluding carboxylic acids is 1. The number of H-pyrrole nitrogens is 1. The van der Waals surface area contributed by atoms with E-state index in [4.69, 9.17) is 27.9 Å². The van der Waals surface area contributed by atoms with Crippen LogP contribution in [0.4, 0.5) is 0 Å². The molecule has 0 fully saturated rings. The number of nitrogens with zero attached hydrogens (tertiary/aromatic N) is 4. The van der Waals surface area contributed by atoms with Crippen molar-refractivity contribution in [2.75, 3.05) is 13.7 Å². The molecule has 0 bridgehead atoms. The van der Waals surface area contributed by atoms with E-state index in [0.29, 0.717) is 23.7 Å². The van der Waals surface area contributed by atoms with Crippen molar-refractivity contribution in [2.24, 2.45) is 0 Å². The Morgan fingerprint density at radius 3 is 2.69 bits per heavy atom. The SMILES string of the molecule is COc1cnc(C(=O)N2CCc3[nH]c4c(Cl)c(Cl)ncc4c3[C@@H]2C)nc1.